The maximum atomic E-state index is 6.10. The van der Waals surface area contributed by atoms with E-state index in [9.17, 15) is 0 Å². The first kappa shape index (κ1) is 15.6. The quantitative estimate of drug-likeness (QED) is 0.834. The fraction of sp³-hybridized carbons (Fsp3) is 0.625. The molecule has 0 aliphatic heterocycles. The Labute approximate surface area is 126 Å². The summed E-state index contributed by atoms with van der Waals surface area (Å²) in [6.45, 7) is 8.01. The minimum Gasteiger partial charge on any atom is -0.487 e. The first-order valence-corrected chi connectivity index (χ1v) is 7.81. The molecule has 0 radical (unpaired) electrons. The Morgan fingerprint density at radius 1 is 1.35 bits per heavy atom. The molecule has 0 aromatic heterocycles. The second-order valence-corrected chi connectivity index (χ2v) is 5.74. The van der Waals surface area contributed by atoms with Crippen molar-refractivity contribution in [1.82, 2.24) is 5.32 Å². The van der Waals surface area contributed by atoms with Gasteiger partial charge in [0.2, 0.25) is 0 Å². The molecule has 1 aromatic carbocycles. The van der Waals surface area contributed by atoms with Crippen LogP contribution in [0.4, 0.5) is 0 Å². The standard InChI is InChI=1S/C16H24ClNO2/c1-4-8-19-16-13(18-5-2)10-15(16)20-14-9-12(17)7-6-11(14)3/h6-7,9,13,15-16,18H,4-5,8,10H2,1-3H3. The normalized spacial score (nSPS) is 25.3. The van der Waals surface area contributed by atoms with E-state index in [-0.39, 0.29) is 12.2 Å². The number of hydrogen-bond donors (Lipinski definition) is 1. The van der Waals surface area contributed by atoms with Crippen LogP contribution in [0.15, 0.2) is 18.2 Å². The van der Waals surface area contributed by atoms with Crippen LogP contribution < -0.4 is 10.1 Å². The van der Waals surface area contributed by atoms with E-state index in [1.807, 2.05) is 25.1 Å². The van der Waals surface area contributed by atoms with Crippen LogP contribution in [0.1, 0.15) is 32.3 Å². The molecule has 1 aliphatic carbocycles. The third-order valence-corrected chi connectivity index (χ3v) is 3.89. The minimum atomic E-state index is 0.114. The van der Waals surface area contributed by atoms with E-state index in [2.05, 4.69) is 19.2 Å². The van der Waals surface area contributed by atoms with E-state index in [0.717, 1.165) is 37.3 Å². The highest BCUT2D eigenvalue weighted by Crippen LogP contribution is 2.32. The largest absolute Gasteiger partial charge is 0.487 e. The van der Waals surface area contributed by atoms with Gasteiger partial charge < -0.3 is 14.8 Å². The molecular formula is C16H24ClNO2. The van der Waals surface area contributed by atoms with Gasteiger partial charge >= 0.3 is 0 Å². The predicted octanol–water partition coefficient (Wildman–Crippen LogP) is 3.57. The van der Waals surface area contributed by atoms with Gasteiger partial charge in [-0.25, -0.2) is 0 Å². The number of ether oxygens (including phenoxy) is 2. The van der Waals surface area contributed by atoms with E-state index < -0.39 is 0 Å². The molecule has 2 rings (SSSR count). The van der Waals surface area contributed by atoms with Crippen molar-refractivity contribution in [1.29, 1.82) is 0 Å². The summed E-state index contributed by atoms with van der Waals surface area (Å²) < 4.78 is 12.0. The maximum Gasteiger partial charge on any atom is 0.128 e. The van der Waals surface area contributed by atoms with Crippen molar-refractivity contribution in [2.24, 2.45) is 0 Å². The fourth-order valence-electron chi connectivity index (χ4n) is 2.50. The Morgan fingerprint density at radius 2 is 2.15 bits per heavy atom. The highest BCUT2D eigenvalue weighted by molar-refractivity contribution is 6.30. The number of hydrogen-bond acceptors (Lipinski definition) is 3. The Kier molecular flexibility index (Phi) is 5.70. The Bertz CT molecular complexity index is 438. The average Bonchev–Trinajstić information content (AvgIpc) is 2.41. The van der Waals surface area contributed by atoms with Crippen LogP contribution in [0.3, 0.4) is 0 Å². The summed E-state index contributed by atoms with van der Waals surface area (Å²) >= 11 is 6.04. The highest BCUT2D eigenvalue weighted by atomic mass is 35.5. The lowest BCUT2D eigenvalue weighted by Gasteiger charge is -2.44. The van der Waals surface area contributed by atoms with Crippen molar-refractivity contribution in [3.8, 4) is 5.75 Å². The zero-order chi connectivity index (χ0) is 14.5. The van der Waals surface area contributed by atoms with Crippen molar-refractivity contribution in [2.45, 2.75) is 51.9 Å². The van der Waals surface area contributed by atoms with E-state index in [0.29, 0.717) is 11.1 Å². The monoisotopic (exact) mass is 297 g/mol. The molecule has 4 heteroatoms. The van der Waals surface area contributed by atoms with Gasteiger partial charge in [-0.1, -0.05) is 31.5 Å². The zero-order valence-corrected chi connectivity index (χ0v) is 13.2. The fourth-order valence-corrected chi connectivity index (χ4v) is 2.66. The van der Waals surface area contributed by atoms with Gasteiger partial charge in [-0.05, 0) is 37.6 Å². The first-order valence-electron chi connectivity index (χ1n) is 7.43. The highest BCUT2D eigenvalue weighted by Gasteiger charge is 2.43. The second-order valence-electron chi connectivity index (χ2n) is 5.30. The SMILES string of the molecule is CCCOC1C(NCC)CC1Oc1cc(Cl)ccc1C. The van der Waals surface area contributed by atoms with E-state index in [1.54, 1.807) is 0 Å². The van der Waals surface area contributed by atoms with Gasteiger partial charge in [0.1, 0.15) is 18.0 Å². The molecule has 3 unspecified atom stereocenters. The molecule has 1 aliphatic rings. The lowest BCUT2D eigenvalue weighted by atomic mass is 9.85. The number of halogens is 1. The van der Waals surface area contributed by atoms with Crippen LogP contribution in [0.5, 0.6) is 5.75 Å². The van der Waals surface area contributed by atoms with Crippen LogP contribution in [0, 0.1) is 6.92 Å². The summed E-state index contributed by atoms with van der Waals surface area (Å²) in [4.78, 5) is 0. The van der Waals surface area contributed by atoms with Crippen LogP contribution in [-0.2, 0) is 4.74 Å². The van der Waals surface area contributed by atoms with Gasteiger partial charge in [0.15, 0.2) is 0 Å². The summed E-state index contributed by atoms with van der Waals surface area (Å²) in [5.74, 6) is 0.863. The number of nitrogens with one attached hydrogen (secondary N) is 1. The van der Waals surface area contributed by atoms with Crippen molar-refractivity contribution >= 4 is 11.6 Å². The molecule has 20 heavy (non-hydrogen) atoms. The molecule has 1 saturated carbocycles. The van der Waals surface area contributed by atoms with Gasteiger partial charge in [0.25, 0.3) is 0 Å². The smallest absolute Gasteiger partial charge is 0.128 e. The van der Waals surface area contributed by atoms with E-state index >= 15 is 0 Å². The van der Waals surface area contributed by atoms with Gasteiger partial charge in [-0.2, -0.15) is 0 Å². The molecular weight excluding hydrogens is 274 g/mol. The molecule has 3 nitrogen and oxygen atoms in total. The maximum absolute atomic E-state index is 6.10. The van der Waals surface area contributed by atoms with E-state index in [4.69, 9.17) is 21.1 Å². The Morgan fingerprint density at radius 3 is 2.85 bits per heavy atom. The minimum absolute atomic E-state index is 0.114. The van der Waals surface area contributed by atoms with Crippen molar-refractivity contribution < 1.29 is 9.47 Å². The molecule has 112 valence electrons. The van der Waals surface area contributed by atoms with Crippen LogP contribution >= 0.6 is 11.6 Å². The average molecular weight is 298 g/mol. The Balaban J connectivity index is 1.99. The lowest BCUT2D eigenvalue weighted by Crippen LogP contribution is -2.61. The number of rotatable bonds is 7. The van der Waals surface area contributed by atoms with E-state index in [1.165, 1.54) is 0 Å². The predicted molar refractivity (Wildman–Crippen MR) is 82.7 cm³/mol. The van der Waals surface area contributed by atoms with Crippen molar-refractivity contribution in [2.75, 3.05) is 13.2 Å². The van der Waals surface area contributed by atoms with Crippen molar-refractivity contribution in [3.05, 3.63) is 28.8 Å². The van der Waals surface area contributed by atoms with Crippen LogP contribution in [0.25, 0.3) is 0 Å². The second kappa shape index (κ2) is 7.30. The summed E-state index contributed by atoms with van der Waals surface area (Å²) in [6.07, 6.45) is 2.25. The summed E-state index contributed by atoms with van der Waals surface area (Å²) in [5.41, 5.74) is 1.11. The molecule has 3 atom stereocenters. The third-order valence-electron chi connectivity index (χ3n) is 3.66. The topological polar surface area (TPSA) is 30.5 Å². The van der Waals surface area contributed by atoms with Gasteiger partial charge in [0.05, 0.1) is 0 Å². The summed E-state index contributed by atoms with van der Waals surface area (Å²) in [5, 5.41) is 4.16. The third kappa shape index (κ3) is 3.66. The molecule has 0 saturated heterocycles. The van der Waals surface area contributed by atoms with Gasteiger partial charge in [0, 0.05) is 24.1 Å². The van der Waals surface area contributed by atoms with Gasteiger partial charge in [-0.15, -0.1) is 0 Å². The van der Waals surface area contributed by atoms with Crippen LogP contribution in [-0.4, -0.2) is 31.4 Å². The number of aryl methyl sites for hydroxylation is 1. The lowest BCUT2D eigenvalue weighted by molar-refractivity contribution is -0.107. The van der Waals surface area contributed by atoms with Crippen LogP contribution in [0.2, 0.25) is 5.02 Å². The molecule has 0 amide bonds. The summed E-state index contributed by atoms with van der Waals surface area (Å²) in [7, 11) is 0. The van der Waals surface area contributed by atoms with Crippen molar-refractivity contribution in [3.63, 3.8) is 0 Å². The molecule has 0 spiro atoms. The number of benzene rings is 1. The molecule has 0 heterocycles. The van der Waals surface area contributed by atoms with Gasteiger partial charge in [-0.3, -0.25) is 0 Å². The first-order chi connectivity index (χ1) is 9.65. The molecule has 1 aromatic rings. The Hall–Kier alpha value is -0.770. The number of likely N-dealkylation sites (N-methyl/N-ethyl adjacent to an activating group) is 1. The molecule has 1 fully saturated rings. The molecule has 0 bridgehead atoms. The molecule has 1 N–H and O–H groups in total. The zero-order valence-electron chi connectivity index (χ0n) is 12.5. The summed E-state index contributed by atoms with van der Waals surface area (Å²) in [6, 6.07) is 6.15.